The summed E-state index contributed by atoms with van der Waals surface area (Å²) in [5, 5.41) is 35.3. The summed E-state index contributed by atoms with van der Waals surface area (Å²) in [6.07, 6.45) is 13.9. The van der Waals surface area contributed by atoms with Gasteiger partial charge in [0.05, 0.1) is 29.1 Å². The maximum absolute atomic E-state index is 13.8. The van der Waals surface area contributed by atoms with Crippen molar-refractivity contribution in [3.63, 3.8) is 0 Å². The van der Waals surface area contributed by atoms with Crippen molar-refractivity contribution in [1.29, 1.82) is 0 Å². The summed E-state index contributed by atoms with van der Waals surface area (Å²) in [6, 6.07) is 29.9. The van der Waals surface area contributed by atoms with E-state index < -0.39 is 6.23 Å². The van der Waals surface area contributed by atoms with Crippen LogP contribution in [0.2, 0.25) is 0 Å². The number of aliphatic hydroxyl groups excluding tert-OH is 1. The van der Waals surface area contributed by atoms with Gasteiger partial charge < -0.3 is 35.5 Å². The minimum Gasteiger partial charge on any atom is -0.370 e. The molecule has 3 atom stereocenters. The molecule has 2 aromatic carbocycles. The lowest BCUT2D eigenvalue weighted by Crippen LogP contribution is -2.28. The number of carbonyl (C=O) groups excluding carboxylic acids is 3. The molecule has 2 saturated heterocycles. The second-order valence-electron chi connectivity index (χ2n) is 18.1. The van der Waals surface area contributed by atoms with E-state index in [1.165, 1.54) is 12.2 Å². The van der Waals surface area contributed by atoms with Gasteiger partial charge in [-0.1, -0.05) is 12.6 Å². The van der Waals surface area contributed by atoms with Crippen molar-refractivity contribution in [3.05, 3.63) is 175 Å². The number of aromatic nitrogens is 10. The maximum atomic E-state index is 13.8. The first kappa shape index (κ1) is 44.0. The molecular formula is C54H46N14O4. The standard InChI is InChI=1S/C54H46N14O4/c1-2-49(69)61-37-7-3-6-33(24-37)54(72)66-23-18-35(31-66)46-27-42-40(44-29-59-68-48(44)9-5-20-57-68)25-38(62-52(42)64-46)14-15-50(70)60-36-12-10-32(11-13-36)53(71)65-22-17-34(30-65)45-26-41-39(16-21-55-51(41)63-45)43-28-58-67-47(43)8-4-19-56-67/h2-16,19-21,24-29,34-35,49,61,69H,1,17-18,22-23,30-31H2,(H,55,63)(H,60,70)(H,62,64)/b15-14+/t34-,35-,49?/m0/s1. The molecule has 18 nitrogen and oxygen atoms in total. The average molecular weight is 955 g/mol. The predicted octanol–water partition coefficient (Wildman–Crippen LogP) is 7.69. The van der Waals surface area contributed by atoms with Crippen molar-refractivity contribution < 1.29 is 19.5 Å². The Balaban J connectivity index is 0.725. The van der Waals surface area contributed by atoms with E-state index in [0.29, 0.717) is 60.0 Å². The minimum absolute atomic E-state index is 0.0237. The SMILES string of the molecule is C=CC(O)Nc1cccc(C(=O)N2CC[C@H](c3cc4c(-c5cnn6ncccc56)cc(/C=C/C(=O)Nc5ccc(C(=O)N6CC[C@H](c7cc8c(-c9cnn%10ncccc9%10)ccnc8[nH]7)C6)cc5)nc4[nH]3)C2)c1. The van der Waals surface area contributed by atoms with Crippen molar-refractivity contribution in [2.75, 3.05) is 36.8 Å². The largest absolute Gasteiger partial charge is 0.370 e. The lowest BCUT2D eigenvalue weighted by Gasteiger charge is -2.17. The fourth-order valence-corrected chi connectivity index (χ4v) is 10.0. The summed E-state index contributed by atoms with van der Waals surface area (Å²) in [6.45, 7) is 5.85. The smallest absolute Gasteiger partial charge is 0.253 e. The molecule has 2 aliphatic rings. The quantitative estimate of drug-likeness (QED) is 0.0454. The topological polar surface area (TPSA) is 220 Å². The normalized spacial score (nSPS) is 16.4. The van der Waals surface area contributed by atoms with Gasteiger partial charge in [0.1, 0.15) is 17.5 Å². The number of aromatic amines is 2. The molecule has 72 heavy (non-hydrogen) atoms. The Bertz CT molecular complexity index is 3780. The Morgan fingerprint density at radius 2 is 1.31 bits per heavy atom. The zero-order valence-corrected chi connectivity index (χ0v) is 38.7. The summed E-state index contributed by atoms with van der Waals surface area (Å²) in [5.41, 5.74) is 11.5. The van der Waals surface area contributed by atoms with E-state index in [4.69, 9.17) is 4.98 Å². The number of H-pyrrole nitrogens is 2. The second kappa shape index (κ2) is 18.2. The van der Waals surface area contributed by atoms with Crippen LogP contribution >= 0.6 is 0 Å². The third-order valence-electron chi connectivity index (χ3n) is 13.7. The molecule has 12 rings (SSSR count). The van der Waals surface area contributed by atoms with E-state index in [0.717, 1.165) is 73.9 Å². The zero-order valence-electron chi connectivity index (χ0n) is 38.7. The first-order valence-electron chi connectivity index (χ1n) is 23.7. The van der Waals surface area contributed by atoms with Crippen molar-refractivity contribution in [3.8, 4) is 22.3 Å². The fourth-order valence-electron chi connectivity index (χ4n) is 10.0. The Labute approximate surface area is 410 Å². The van der Waals surface area contributed by atoms with Crippen LogP contribution in [-0.4, -0.2) is 115 Å². The van der Waals surface area contributed by atoms with Crippen LogP contribution in [0.25, 0.3) is 61.4 Å². The molecule has 3 amide bonds. The highest BCUT2D eigenvalue weighted by Gasteiger charge is 2.31. The molecule has 1 unspecified atom stereocenters. The molecule has 0 radical (unpaired) electrons. The van der Waals surface area contributed by atoms with Crippen molar-refractivity contribution in [2.45, 2.75) is 30.9 Å². The van der Waals surface area contributed by atoms with Crippen molar-refractivity contribution in [1.82, 2.24) is 59.4 Å². The number of amides is 3. The number of rotatable bonds is 12. The third kappa shape index (κ3) is 8.28. The van der Waals surface area contributed by atoms with Crippen molar-refractivity contribution >= 4 is 68.3 Å². The maximum Gasteiger partial charge on any atom is 0.253 e. The first-order valence-corrected chi connectivity index (χ1v) is 23.7. The van der Waals surface area contributed by atoms with Crippen LogP contribution in [0, 0.1) is 0 Å². The molecule has 18 heteroatoms. The molecule has 2 fully saturated rings. The van der Waals surface area contributed by atoms with Crippen molar-refractivity contribution in [2.24, 2.45) is 0 Å². The number of hydrogen-bond acceptors (Lipinski definition) is 11. The zero-order chi connectivity index (χ0) is 48.9. The Morgan fingerprint density at radius 3 is 1.99 bits per heavy atom. The van der Waals surface area contributed by atoms with Crippen LogP contribution in [-0.2, 0) is 4.79 Å². The lowest BCUT2D eigenvalue weighted by molar-refractivity contribution is -0.111. The van der Waals surface area contributed by atoms with Crippen LogP contribution in [0.3, 0.4) is 0 Å². The molecule has 2 aliphatic heterocycles. The number of nitrogens with zero attached hydrogens (tertiary/aromatic N) is 10. The number of fused-ring (bicyclic) bond motifs is 4. The van der Waals surface area contributed by atoms with Crippen LogP contribution in [0.4, 0.5) is 11.4 Å². The van der Waals surface area contributed by atoms with E-state index in [2.05, 4.69) is 64.7 Å². The number of nitrogens with one attached hydrogen (secondary N) is 4. The Kier molecular flexibility index (Phi) is 11.1. The number of carbonyl (C=O) groups is 3. The van der Waals surface area contributed by atoms with Crippen LogP contribution < -0.4 is 10.6 Å². The molecule has 0 saturated carbocycles. The second-order valence-corrected chi connectivity index (χ2v) is 18.1. The molecule has 10 heterocycles. The summed E-state index contributed by atoms with van der Waals surface area (Å²) in [4.78, 5) is 61.1. The summed E-state index contributed by atoms with van der Waals surface area (Å²) < 4.78 is 3.19. The summed E-state index contributed by atoms with van der Waals surface area (Å²) in [5.74, 6) is -0.395. The van der Waals surface area contributed by atoms with Gasteiger partial charge in [-0.05, 0) is 127 Å². The van der Waals surface area contributed by atoms with Gasteiger partial charge >= 0.3 is 0 Å². The van der Waals surface area contributed by atoms with Gasteiger partial charge in [-0.3, -0.25) is 14.4 Å². The van der Waals surface area contributed by atoms with Crippen LogP contribution in [0.15, 0.2) is 147 Å². The lowest BCUT2D eigenvalue weighted by atomic mass is 10.0. The fraction of sp³-hybridized carbons (Fsp3) is 0.167. The van der Waals surface area contributed by atoms with E-state index in [9.17, 15) is 19.5 Å². The van der Waals surface area contributed by atoms with E-state index in [1.54, 1.807) is 88.7 Å². The van der Waals surface area contributed by atoms with Gasteiger partial charge in [0.25, 0.3) is 11.8 Å². The number of pyridine rings is 2. The van der Waals surface area contributed by atoms with Gasteiger partial charge in [0.15, 0.2) is 0 Å². The number of benzene rings is 2. The van der Waals surface area contributed by atoms with Gasteiger partial charge in [0, 0.05) is 118 Å². The van der Waals surface area contributed by atoms with E-state index >= 15 is 0 Å². The van der Waals surface area contributed by atoms with Gasteiger partial charge in [0.2, 0.25) is 5.91 Å². The van der Waals surface area contributed by atoms with Gasteiger partial charge in [-0.25, -0.2) is 9.97 Å². The molecule has 0 bridgehead atoms. The van der Waals surface area contributed by atoms with E-state index in [-0.39, 0.29) is 29.6 Å². The molecule has 0 aliphatic carbocycles. The average Bonchev–Trinajstić information content (AvgIpc) is 4.28. The van der Waals surface area contributed by atoms with E-state index in [1.807, 2.05) is 52.4 Å². The first-order chi connectivity index (χ1) is 35.2. The highest BCUT2D eigenvalue weighted by molar-refractivity contribution is 6.04. The predicted molar refractivity (Wildman–Crippen MR) is 273 cm³/mol. The third-order valence-corrected chi connectivity index (χ3v) is 13.7. The molecule has 10 aromatic rings. The van der Waals surface area contributed by atoms with Crippen LogP contribution in [0.5, 0.6) is 0 Å². The highest BCUT2D eigenvalue weighted by Crippen LogP contribution is 2.38. The minimum atomic E-state index is -0.932. The molecule has 356 valence electrons. The monoisotopic (exact) mass is 954 g/mol. The molecule has 0 spiro atoms. The number of hydrogen-bond donors (Lipinski definition) is 5. The van der Waals surface area contributed by atoms with Crippen LogP contribution in [0.1, 0.15) is 62.5 Å². The Hall–Kier alpha value is -9.29. The molecule has 8 aromatic heterocycles. The Morgan fingerprint density at radius 1 is 0.667 bits per heavy atom. The number of likely N-dealkylation sites (tertiary alicyclic amines) is 2. The number of anilines is 2. The summed E-state index contributed by atoms with van der Waals surface area (Å²) in [7, 11) is 0. The highest BCUT2D eigenvalue weighted by atomic mass is 16.3. The van der Waals surface area contributed by atoms with Gasteiger partial charge in [-0.2, -0.15) is 29.7 Å². The number of aliphatic hydroxyl groups is 1. The van der Waals surface area contributed by atoms with Gasteiger partial charge in [-0.15, -0.1) is 0 Å². The molecular weight excluding hydrogens is 909 g/mol. The molecule has 5 N–H and O–H groups in total. The summed E-state index contributed by atoms with van der Waals surface area (Å²) >= 11 is 0.